The van der Waals surface area contributed by atoms with Crippen LogP contribution in [0.3, 0.4) is 0 Å². The molecule has 1 N–H and O–H groups in total. The number of rotatable bonds is 3. The lowest BCUT2D eigenvalue weighted by Crippen LogP contribution is -2.01. The average molecular weight is 259 g/mol. The number of aromatic hydroxyl groups is 1. The molecule has 3 nitrogen and oxygen atoms in total. The molecule has 0 saturated carbocycles. The van der Waals surface area contributed by atoms with Crippen LogP contribution in [0.25, 0.3) is 0 Å². The van der Waals surface area contributed by atoms with Gasteiger partial charge in [-0.2, -0.15) is 5.87 Å². The van der Waals surface area contributed by atoms with Crippen LogP contribution in [-0.2, 0) is 14.6 Å². The molecular formula is C14H11O3S-. The summed E-state index contributed by atoms with van der Waals surface area (Å²) in [6, 6.07) is 13.0. The van der Waals surface area contributed by atoms with Gasteiger partial charge in [0, 0.05) is 11.1 Å². The van der Waals surface area contributed by atoms with Crippen LogP contribution in [0.2, 0.25) is 0 Å². The first-order chi connectivity index (χ1) is 8.59. The third kappa shape index (κ3) is 2.43. The first kappa shape index (κ1) is 12.4. The van der Waals surface area contributed by atoms with Crippen molar-refractivity contribution in [2.45, 2.75) is 4.90 Å². The van der Waals surface area contributed by atoms with Crippen molar-refractivity contribution < 1.29 is 14.1 Å². The molecule has 18 heavy (non-hydrogen) atoms. The first-order valence-corrected chi connectivity index (χ1v) is 6.55. The molecular weight excluding hydrogens is 248 g/mol. The Morgan fingerprint density at radius 1 is 1.06 bits per heavy atom. The highest BCUT2D eigenvalue weighted by Crippen LogP contribution is 2.21. The van der Waals surface area contributed by atoms with Gasteiger partial charge in [0.1, 0.15) is 0 Å². The van der Waals surface area contributed by atoms with Crippen LogP contribution in [0.1, 0.15) is 15.9 Å². The number of carbonyl (C=O) groups excluding carboxylic acids is 1. The molecule has 0 bridgehead atoms. The number of ketones is 1. The van der Waals surface area contributed by atoms with Gasteiger partial charge in [-0.15, -0.1) is 0 Å². The van der Waals surface area contributed by atoms with E-state index in [4.69, 9.17) is 0 Å². The molecule has 2 aromatic carbocycles. The van der Waals surface area contributed by atoms with Crippen LogP contribution in [0.15, 0.2) is 53.4 Å². The number of phenols is 1. The van der Waals surface area contributed by atoms with Crippen LogP contribution in [0, 0.1) is 0 Å². The van der Waals surface area contributed by atoms with E-state index in [9.17, 15) is 14.1 Å². The fraction of sp³-hybridized carbons (Fsp3) is 0. The lowest BCUT2D eigenvalue weighted by Gasteiger charge is -2.09. The Bertz CT molecular complexity index is 650. The lowest BCUT2D eigenvalue weighted by molar-refractivity contribution is 0.103. The van der Waals surface area contributed by atoms with Crippen molar-refractivity contribution in [3.05, 3.63) is 59.7 Å². The zero-order valence-electron chi connectivity index (χ0n) is 9.50. The third-order valence-corrected chi connectivity index (χ3v) is 3.32. The molecule has 0 spiro atoms. The Balaban J connectivity index is 2.47. The second-order valence-corrected chi connectivity index (χ2v) is 4.85. The lowest BCUT2D eigenvalue weighted by atomic mass is 10.0. The van der Waals surface area contributed by atoms with E-state index in [2.05, 4.69) is 5.87 Å². The quantitative estimate of drug-likeness (QED) is 0.523. The molecule has 2 rings (SSSR count). The topological polar surface area (TPSA) is 54.4 Å². The zero-order valence-corrected chi connectivity index (χ0v) is 10.3. The molecule has 0 unspecified atom stereocenters. The monoisotopic (exact) mass is 259 g/mol. The molecule has 0 aliphatic carbocycles. The fourth-order valence-electron chi connectivity index (χ4n) is 1.59. The van der Waals surface area contributed by atoms with E-state index in [1.165, 1.54) is 18.2 Å². The smallest absolute Gasteiger partial charge is 0.192 e. The second-order valence-electron chi connectivity index (χ2n) is 3.72. The largest absolute Gasteiger partial charge is 0.510 e. The van der Waals surface area contributed by atoms with Crippen molar-refractivity contribution in [3.8, 4) is 5.75 Å². The summed E-state index contributed by atoms with van der Waals surface area (Å²) in [7, 11) is -1.58. The summed E-state index contributed by atoms with van der Waals surface area (Å²) in [4.78, 5) is 12.3. The van der Waals surface area contributed by atoms with Crippen LogP contribution < -0.4 is 0 Å². The van der Waals surface area contributed by atoms with E-state index in [1.807, 2.05) is 6.07 Å². The molecule has 0 saturated heterocycles. The van der Waals surface area contributed by atoms with Gasteiger partial charge in [-0.1, -0.05) is 41.3 Å². The summed E-state index contributed by atoms with van der Waals surface area (Å²) >= 11 is 0. The van der Waals surface area contributed by atoms with Gasteiger partial charge in [0.05, 0.1) is 5.75 Å². The van der Waals surface area contributed by atoms with E-state index in [-0.39, 0.29) is 16.4 Å². The minimum Gasteiger partial charge on any atom is -0.510 e. The Morgan fingerprint density at radius 2 is 1.72 bits per heavy atom. The molecule has 0 heterocycles. The highest BCUT2D eigenvalue weighted by molar-refractivity contribution is 7.82. The molecule has 0 aromatic heterocycles. The normalized spacial score (nSPS) is 10.5. The maximum Gasteiger partial charge on any atom is 0.192 e. The molecule has 92 valence electrons. The van der Waals surface area contributed by atoms with E-state index < -0.39 is 10.4 Å². The van der Waals surface area contributed by atoms with Gasteiger partial charge in [-0.05, 0) is 12.1 Å². The molecule has 0 fully saturated rings. The van der Waals surface area contributed by atoms with Gasteiger partial charge >= 0.3 is 0 Å². The number of benzene rings is 2. The summed E-state index contributed by atoms with van der Waals surface area (Å²) < 4.78 is 11.3. The molecule has 0 atom stereocenters. The molecule has 0 radical (unpaired) electrons. The van der Waals surface area contributed by atoms with Gasteiger partial charge in [-0.3, -0.25) is 4.79 Å². The van der Waals surface area contributed by atoms with E-state index >= 15 is 0 Å². The van der Waals surface area contributed by atoms with Crippen molar-refractivity contribution in [1.29, 1.82) is 0 Å². The highest BCUT2D eigenvalue weighted by Gasteiger charge is 2.08. The maximum absolute atomic E-state index is 12.1. The van der Waals surface area contributed by atoms with Crippen molar-refractivity contribution in [2.75, 3.05) is 0 Å². The fourth-order valence-corrected chi connectivity index (χ4v) is 2.15. The predicted octanol–water partition coefficient (Wildman–Crippen LogP) is 2.38. The summed E-state index contributed by atoms with van der Waals surface area (Å²) in [5.41, 5.74) is 0.926. The second kappa shape index (κ2) is 5.06. The van der Waals surface area contributed by atoms with Gasteiger partial charge < -0.3 is 9.32 Å². The minimum atomic E-state index is -1.58. The third-order valence-electron chi connectivity index (χ3n) is 2.50. The number of phenolic OH excluding ortho intramolecular Hbond substituents is 1. The van der Waals surface area contributed by atoms with Crippen molar-refractivity contribution >= 4 is 22.0 Å². The Kier molecular flexibility index (Phi) is 3.48. The zero-order chi connectivity index (χ0) is 13.1. The summed E-state index contributed by atoms with van der Waals surface area (Å²) in [5.74, 6) is 3.05. The number of carbonyl (C=O) groups is 1. The summed E-state index contributed by atoms with van der Waals surface area (Å²) in [6.07, 6.45) is 0. The summed E-state index contributed by atoms with van der Waals surface area (Å²) in [5, 5.41) is 9.51. The molecule has 0 aliphatic rings. The average Bonchev–Trinajstić information content (AvgIpc) is 2.39. The van der Waals surface area contributed by atoms with Crippen molar-refractivity contribution in [1.82, 2.24) is 0 Å². The van der Waals surface area contributed by atoms with Crippen LogP contribution in [-0.4, -0.2) is 16.8 Å². The van der Waals surface area contributed by atoms with Gasteiger partial charge in [-0.25, -0.2) is 10.4 Å². The van der Waals surface area contributed by atoms with Crippen molar-refractivity contribution in [3.63, 3.8) is 0 Å². The van der Waals surface area contributed by atoms with E-state index in [0.29, 0.717) is 11.1 Å². The first-order valence-electron chi connectivity index (χ1n) is 5.24. The van der Waals surface area contributed by atoms with Gasteiger partial charge in [0.2, 0.25) is 0 Å². The minimum absolute atomic E-state index is 0.118. The molecule has 0 aliphatic heterocycles. The van der Waals surface area contributed by atoms with E-state index in [1.54, 1.807) is 24.3 Å². The molecule has 4 heteroatoms. The standard InChI is InChI=1S/C14H11O3S/c1-18(17)13-9-11(7-8-12(13)15)14(16)10-5-3-2-4-6-10/h2-9,15H,1H2/q-1. The Hall–Kier alpha value is -2.07. The van der Waals surface area contributed by atoms with Gasteiger partial charge in [0.15, 0.2) is 5.78 Å². The van der Waals surface area contributed by atoms with Crippen LogP contribution in [0.5, 0.6) is 5.75 Å². The predicted molar refractivity (Wildman–Crippen MR) is 71.4 cm³/mol. The van der Waals surface area contributed by atoms with Crippen LogP contribution >= 0.6 is 0 Å². The molecule has 0 amide bonds. The number of hydrogen-bond donors (Lipinski definition) is 1. The Labute approximate surface area is 107 Å². The SMILES string of the molecule is C=[S-](=O)c1cc(C(=O)c2ccccc2)ccc1O. The van der Waals surface area contributed by atoms with E-state index in [0.717, 1.165) is 0 Å². The summed E-state index contributed by atoms with van der Waals surface area (Å²) in [6.45, 7) is 0. The van der Waals surface area contributed by atoms with Gasteiger partial charge in [0.25, 0.3) is 0 Å². The number of hydrogen-bond acceptors (Lipinski definition) is 4. The van der Waals surface area contributed by atoms with Crippen LogP contribution in [0.4, 0.5) is 0 Å². The molecule has 2 aromatic rings. The highest BCUT2D eigenvalue weighted by atomic mass is 32.2. The Morgan fingerprint density at radius 3 is 2.33 bits per heavy atom. The maximum atomic E-state index is 12.1. The van der Waals surface area contributed by atoms with Crippen molar-refractivity contribution in [2.24, 2.45) is 0 Å².